The highest BCUT2D eigenvalue weighted by Crippen LogP contribution is 2.34. The normalized spacial score (nSPS) is 15.4. The maximum Gasteiger partial charge on any atom is 0.303 e. The largest absolute Gasteiger partial charge is 0.481 e. The molecule has 1 aliphatic carbocycles. The third-order valence-corrected chi connectivity index (χ3v) is 6.47. The fourth-order valence-corrected chi connectivity index (χ4v) is 4.65. The van der Waals surface area contributed by atoms with Crippen molar-refractivity contribution in [3.8, 4) is 0 Å². The molecule has 1 aliphatic rings. The van der Waals surface area contributed by atoms with Gasteiger partial charge in [-0.1, -0.05) is 84.9 Å². The molecule has 0 saturated heterocycles. The van der Waals surface area contributed by atoms with E-state index in [1.807, 2.05) is 19.1 Å². The monoisotopic (exact) mass is 437 g/mol. The Bertz CT molecular complexity index is 1240. The van der Waals surface area contributed by atoms with Crippen molar-refractivity contribution in [2.75, 3.05) is 0 Å². The summed E-state index contributed by atoms with van der Waals surface area (Å²) < 4.78 is 0. The molecule has 0 heterocycles. The number of hydrogen-bond acceptors (Lipinski definition) is 2. The van der Waals surface area contributed by atoms with Gasteiger partial charge in [-0.2, -0.15) is 0 Å². The number of rotatable bonds is 4. The Hall–Kier alpha value is -3.43. The van der Waals surface area contributed by atoms with Crippen LogP contribution < -0.4 is 5.73 Å². The van der Waals surface area contributed by atoms with E-state index in [0.29, 0.717) is 12.3 Å². The van der Waals surface area contributed by atoms with Gasteiger partial charge in [0.05, 0.1) is 0 Å². The molecule has 0 unspecified atom stereocenters. The molecular formula is C30H31NO2. The molecule has 0 amide bonds. The molecule has 0 spiro atoms. The molecule has 0 bridgehead atoms. The smallest absolute Gasteiger partial charge is 0.303 e. The molecule has 0 saturated carbocycles. The van der Waals surface area contributed by atoms with Crippen LogP contribution in [-0.4, -0.2) is 11.1 Å². The average Bonchev–Trinajstić information content (AvgIpc) is 2.99. The van der Waals surface area contributed by atoms with E-state index in [4.69, 9.17) is 10.8 Å². The maximum absolute atomic E-state index is 10.9. The first-order valence-corrected chi connectivity index (χ1v) is 11.6. The van der Waals surface area contributed by atoms with E-state index in [9.17, 15) is 4.79 Å². The van der Waals surface area contributed by atoms with Gasteiger partial charge in [-0.3, -0.25) is 4.79 Å². The van der Waals surface area contributed by atoms with Crippen LogP contribution in [0.25, 0.3) is 10.8 Å². The molecule has 33 heavy (non-hydrogen) atoms. The van der Waals surface area contributed by atoms with Gasteiger partial charge in [0, 0.05) is 12.5 Å². The van der Waals surface area contributed by atoms with Crippen LogP contribution in [0.1, 0.15) is 59.5 Å². The van der Waals surface area contributed by atoms with E-state index in [2.05, 4.69) is 78.9 Å². The molecule has 0 radical (unpaired) electrons. The first-order valence-electron chi connectivity index (χ1n) is 11.6. The van der Waals surface area contributed by atoms with E-state index in [1.165, 1.54) is 38.6 Å². The van der Waals surface area contributed by atoms with E-state index in [1.54, 1.807) is 0 Å². The predicted molar refractivity (Wildman–Crippen MR) is 136 cm³/mol. The number of carbonyl (C=O) groups is 1. The fourth-order valence-electron chi connectivity index (χ4n) is 4.65. The van der Waals surface area contributed by atoms with Crippen LogP contribution in [0.2, 0.25) is 0 Å². The van der Waals surface area contributed by atoms with Crippen LogP contribution in [0.3, 0.4) is 0 Å². The summed E-state index contributed by atoms with van der Waals surface area (Å²) in [5, 5.41) is 11.5. The van der Waals surface area contributed by atoms with Gasteiger partial charge in [0.15, 0.2) is 0 Å². The number of carboxylic acid groups (broad SMARTS) is 1. The lowest BCUT2D eigenvalue weighted by atomic mass is 9.88. The molecule has 3 N–H and O–H groups in total. The molecule has 3 nitrogen and oxygen atoms in total. The van der Waals surface area contributed by atoms with Crippen molar-refractivity contribution in [1.82, 2.24) is 0 Å². The third-order valence-electron chi connectivity index (χ3n) is 6.47. The summed E-state index contributed by atoms with van der Waals surface area (Å²) in [7, 11) is 0. The topological polar surface area (TPSA) is 63.3 Å². The lowest BCUT2D eigenvalue weighted by Crippen LogP contribution is -2.06. The number of fused-ring (bicyclic) bond motifs is 3. The Labute approximate surface area is 195 Å². The average molecular weight is 438 g/mol. The van der Waals surface area contributed by atoms with Crippen molar-refractivity contribution >= 4 is 16.7 Å². The van der Waals surface area contributed by atoms with Crippen LogP contribution in [0.15, 0.2) is 91.0 Å². The van der Waals surface area contributed by atoms with Crippen LogP contribution in [0.5, 0.6) is 0 Å². The van der Waals surface area contributed by atoms with Gasteiger partial charge < -0.3 is 10.8 Å². The summed E-state index contributed by atoms with van der Waals surface area (Å²) >= 11 is 0. The molecule has 0 aliphatic heterocycles. The van der Waals surface area contributed by atoms with E-state index in [-0.39, 0.29) is 12.5 Å². The minimum absolute atomic E-state index is 0.115. The fraction of sp³-hybridized carbons (Fsp3) is 0.233. The number of carboxylic acids is 1. The van der Waals surface area contributed by atoms with Gasteiger partial charge in [-0.25, -0.2) is 0 Å². The summed E-state index contributed by atoms with van der Waals surface area (Å²) in [6.45, 7) is 2.00. The zero-order valence-corrected chi connectivity index (χ0v) is 19.1. The zero-order valence-electron chi connectivity index (χ0n) is 19.1. The van der Waals surface area contributed by atoms with Crippen molar-refractivity contribution in [2.24, 2.45) is 5.73 Å². The summed E-state index contributed by atoms with van der Waals surface area (Å²) in [6, 6.07) is 31.8. The second kappa shape index (κ2) is 10.5. The van der Waals surface area contributed by atoms with Crippen LogP contribution in [0, 0.1) is 0 Å². The first kappa shape index (κ1) is 22.8. The van der Waals surface area contributed by atoms with Crippen LogP contribution in [0.4, 0.5) is 0 Å². The Morgan fingerprint density at radius 2 is 1.52 bits per heavy atom. The number of aliphatic carboxylic acids is 1. The van der Waals surface area contributed by atoms with Gasteiger partial charge in [0.1, 0.15) is 0 Å². The quantitative estimate of drug-likeness (QED) is 0.376. The zero-order chi connectivity index (χ0) is 23.2. The molecule has 2 atom stereocenters. The Balaban J connectivity index is 0.000000172. The first-order chi connectivity index (χ1) is 16.0. The highest BCUT2D eigenvalue weighted by atomic mass is 16.4. The molecule has 0 aromatic heterocycles. The minimum atomic E-state index is -0.708. The van der Waals surface area contributed by atoms with Crippen molar-refractivity contribution in [3.63, 3.8) is 0 Å². The van der Waals surface area contributed by atoms with Crippen molar-refractivity contribution in [3.05, 3.63) is 119 Å². The second-order valence-corrected chi connectivity index (χ2v) is 8.87. The van der Waals surface area contributed by atoms with Gasteiger partial charge >= 0.3 is 5.97 Å². The Kier molecular flexibility index (Phi) is 7.21. The molecular weight excluding hydrogens is 406 g/mol. The minimum Gasteiger partial charge on any atom is -0.481 e. The Morgan fingerprint density at radius 3 is 2.24 bits per heavy atom. The SMILES string of the molecule is C[C@@H](N)c1ccc2ccccc2c1.O=C(O)CC[C@H]1Cc2ccccc2Cc2ccccc21. The van der Waals surface area contributed by atoms with Crippen LogP contribution >= 0.6 is 0 Å². The summed E-state index contributed by atoms with van der Waals surface area (Å²) in [6.07, 6.45) is 2.85. The van der Waals surface area contributed by atoms with Gasteiger partial charge in [0.25, 0.3) is 0 Å². The molecule has 168 valence electrons. The van der Waals surface area contributed by atoms with Crippen molar-refractivity contribution < 1.29 is 9.90 Å². The molecule has 3 heteroatoms. The van der Waals surface area contributed by atoms with E-state index >= 15 is 0 Å². The molecule has 0 fully saturated rings. The number of benzene rings is 4. The Morgan fingerprint density at radius 1 is 0.879 bits per heavy atom. The van der Waals surface area contributed by atoms with Gasteiger partial charge in [-0.05, 0) is 76.8 Å². The van der Waals surface area contributed by atoms with Crippen LogP contribution in [-0.2, 0) is 17.6 Å². The number of nitrogens with two attached hydrogens (primary N) is 1. The van der Waals surface area contributed by atoms with Crippen molar-refractivity contribution in [2.45, 2.75) is 44.6 Å². The number of hydrogen-bond donors (Lipinski definition) is 2. The van der Waals surface area contributed by atoms with E-state index in [0.717, 1.165) is 12.8 Å². The highest BCUT2D eigenvalue weighted by Gasteiger charge is 2.22. The maximum atomic E-state index is 10.9. The summed E-state index contributed by atoms with van der Waals surface area (Å²) in [4.78, 5) is 10.9. The molecule has 4 aromatic rings. The summed E-state index contributed by atoms with van der Waals surface area (Å²) in [5.74, 6) is -0.397. The van der Waals surface area contributed by atoms with Crippen molar-refractivity contribution in [1.29, 1.82) is 0 Å². The van der Waals surface area contributed by atoms with Gasteiger partial charge in [0.2, 0.25) is 0 Å². The lowest BCUT2D eigenvalue weighted by Gasteiger charge is -2.17. The predicted octanol–water partition coefficient (Wildman–Crippen LogP) is 6.64. The second-order valence-electron chi connectivity index (χ2n) is 8.87. The van der Waals surface area contributed by atoms with Gasteiger partial charge in [-0.15, -0.1) is 0 Å². The molecule has 4 aromatic carbocycles. The van der Waals surface area contributed by atoms with E-state index < -0.39 is 5.97 Å². The lowest BCUT2D eigenvalue weighted by molar-refractivity contribution is -0.137. The summed E-state index contributed by atoms with van der Waals surface area (Å²) in [5.41, 5.74) is 12.4. The third kappa shape index (κ3) is 5.68. The standard InChI is InChI=1S/C18H18O2.C12H13N/c19-18(20)10-9-16-12-14-6-2-1-5-13(14)11-15-7-3-4-8-17(15)16;1-9(13)11-7-6-10-4-2-3-5-12(10)8-11/h1-8,16H,9-12H2,(H,19,20);2-9H,13H2,1H3/t16-;9-/m01/s1. The molecule has 5 rings (SSSR count). The highest BCUT2D eigenvalue weighted by molar-refractivity contribution is 5.83.